The molecule has 0 saturated carbocycles. The maximum atomic E-state index is 13.1. The molecule has 1 heterocycles. The van der Waals surface area contributed by atoms with Crippen molar-refractivity contribution in [1.82, 2.24) is 4.90 Å². The molecule has 5 nitrogen and oxygen atoms in total. The maximum absolute atomic E-state index is 13.1. The van der Waals surface area contributed by atoms with Gasteiger partial charge in [-0.05, 0) is 55.7 Å². The van der Waals surface area contributed by atoms with Gasteiger partial charge in [-0.15, -0.1) is 0 Å². The third-order valence-electron chi connectivity index (χ3n) is 5.62. The standard InChI is InChI=1S/C24H32N2O3/c1-5-15-29-17-21-16-20(9-10-23(21)28-4)24(27)26-13-11-25(12-14-26)22-8-6-7-18(2)19(22)3/h6-10,16H,5,11-15,17H2,1-4H3. The Morgan fingerprint density at radius 1 is 1.07 bits per heavy atom. The minimum Gasteiger partial charge on any atom is -0.496 e. The number of aryl methyl sites for hydroxylation is 1. The third kappa shape index (κ3) is 4.91. The molecule has 0 N–H and O–H groups in total. The fourth-order valence-electron chi connectivity index (χ4n) is 3.76. The molecule has 5 heteroatoms. The van der Waals surface area contributed by atoms with E-state index in [-0.39, 0.29) is 5.91 Å². The smallest absolute Gasteiger partial charge is 0.253 e. The van der Waals surface area contributed by atoms with Crippen LogP contribution in [0.1, 0.15) is 40.4 Å². The molecule has 156 valence electrons. The predicted molar refractivity (Wildman–Crippen MR) is 117 cm³/mol. The molecule has 29 heavy (non-hydrogen) atoms. The highest BCUT2D eigenvalue weighted by Gasteiger charge is 2.24. The Kier molecular flexibility index (Phi) is 7.15. The zero-order chi connectivity index (χ0) is 20.8. The summed E-state index contributed by atoms with van der Waals surface area (Å²) in [7, 11) is 1.65. The first-order valence-electron chi connectivity index (χ1n) is 10.4. The molecule has 1 fully saturated rings. The second kappa shape index (κ2) is 9.79. The number of nitrogens with zero attached hydrogens (tertiary/aromatic N) is 2. The van der Waals surface area contributed by atoms with E-state index in [0.29, 0.717) is 18.8 Å². The Balaban J connectivity index is 1.67. The number of piperazine rings is 1. The Morgan fingerprint density at radius 3 is 2.52 bits per heavy atom. The second-order valence-corrected chi connectivity index (χ2v) is 7.58. The molecular formula is C24H32N2O3. The van der Waals surface area contributed by atoms with Gasteiger partial charge in [0.1, 0.15) is 5.75 Å². The van der Waals surface area contributed by atoms with E-state index in [0.717, 1.165) is 43.9 Å². The summed E-state index contributed by atoms with van der Waals surface area (Å²) in [5, 5.41) is 0. The molecule has 1 saturated heterocycles. The number of benzene rings is 2. The molecule has 1 aliphatic heterocycles. The van der Waals surface area contributed by atoms with E-state index in [1.165, 1.54) is 16.8 Å². The predicted octanol–water partition coefficient (Wildman–Crippen LogP) is 4.20. The summed E-state index contributed by atoms with van der Waals surface area (Å²) in [6.45, 7) is 10.7. The van der Waals surface area contributed by atoms with Crippen LogP contribution in [0.2, 0.25) is 0 Å². The van der Waals surface area contributed by atoms with E-state index < -0.39 is 0 Å². The average Bonchev–Trinajstić information content (AvgIpc) is 2.75. The van der Waals surface area contributed by atoms with Crippen LogP contribution in [0.15, 0.2) is 36.4 Å². The van der Waals surface area contributed by atoms with Crippen LogP contribution in [0.3, 0.4) is 0 Å². The van der Waals surface area contributed by atoms with Crippen molar-refractivity contribution < 1.29 is 14.3 Å². The largest absolute Gasteiger partial charge is 0.496 e. The summed E-state index contributed by atoms with van der Waals surface area (Å²) < 4.78 is 11.1. The Labute approximate surface area is 174 Å². The van der Waals surface area contributed by atoms with Crippen molar-refractivity contribution in [2.45, 2.75) is 33.8 Å². The van der Waals surface area contributed by atoms with Crippen LogP contribution in [0.4, 0.5) is 5.69 Å². The molecule has 0 atom stereocenters. The number of carbonyl (C=O) groups excluding carboxylic acids is 1. The van der Waals surface area contributed by atoms with Crippen molar-refractivity contribution in [3.05, 3.63) is 58.7 Å². The zero-order valence-corrected chi connectivity index (χ0v) is 18.0. The molecule has 2 aromatic carbocycles. The van der Waals surface area contributed by atoms with Crippen LogP contribution in [0.5, 0.6) is 5.75 Å². The van der Waals surface area contributed by atoms with Gasteiger partial charge in [0.25, 0.3) is 5.91 Å². The minimum absolute atomic E-state index is 0.0741. The highest BCUT2D eigenvalue weighted by Crippen LogP contribution is 2.25. The van der Waals surface area contributed by atoms with Crippen molar-refractivity contribution in [3.8, 4) is 5.75 Å². The van der Waals surface area contributed by atoms with Gasteiger partial charge in [0.2, 0.25) is 0 Å². The first kappa shape index (κ1) is 21.2. The lowest BCUT2D eigenvalue weighted by molar-refractivity contribution is 0.0746. The summed E-state index contributed by atoms with van der Waals surface area (Å²) in [5.41, 5.74) is 5.51. The van der Waals surface area contributed by atoms with E-state index in [9.17, 15) is 4.79 Å². The number of amides is 1. The number of anilines is 1. The first-order chi connectivity index (χ1) is 14.0. The van der Waals surface area contributed by atoms with Crippen molar-refractivity contribution in [1.29, 1.82) is 0 Å². The number of hydrogen-bond acceptors (Lipinski definition) is 4. The lowest BCUT2D eigenvalue weighted by Gasteiger charge is -2.37. The van der Waals surface area contributed by atoms with Gasteiger partial charge in [-0.1, -0.05) is 19.1 Å². The molecule has 0 radical (unpaired) electrons. The van der Waals surface area contributed by atoms with Gasteiger partial charge >= 0.3 is 0 Å². The molecule has 0 bridgehead atoms. The normalized spacial score (nSPS) is 14.2. The Bertz CT molecular complexity index is 842. The van der Waals surface area contributed by atoms with E-state index >= 15 is 0 Å². The fourth-order valence-corrected chi connectivity index (χ4v) is 3.76. The Morgan fingerprint density at radius 2 is 1.83 bits per heavy atom. The molecule has 0 aliphatic carbocycles. The number of rotatable bonds is 7. The van der Waals surface area contributed by atoms with E-state index in [1.54, 1.807) is 7.11 Å². The molecule has 1 amide bonds. The summed E-state index contributed by atoms with van der Waals surface area (Å²) in [6, 6.07) is 12.0. The number of ether oxygens (including phenoxy) is 2. The van der Waals surface area contributed by atoms with Crippen LogP contribution >= 0.6 is 0 Å². The van der Waals surface area contributed by atoms with Crippen LogP contribution in [0.25, 0.3) is 0 Å². The highest BCUT2D eigenvalue weighted by atomic mass is 16.5. The van der Waals surface area contributed by atoms with Gasteiger partial charge in [0.15, 0.2) is 0 Å². The zero-order valence-electron chi connectivity index (χ0n) is 18.0. The summed E-state index contributed by atoms with van der Waals surface area (Å²) in [6.07, 6.45) is 0.964. The molecular weight excluding hydrogens is 364 g/mol. The SMILES string of the molecule is CCCOCc1cc(C(=O)N2CCN(c3cccc(C)c3C)CC2)ccc1OC. The second-order valence-electron chi connectivity index (χ2n) is 7.58. The molecule has 3 rings (SSSR count). The van der Waals surface area contributed by atoms with Gasteiger partial charge in [-0.25, -0.2) is 0 Å². The van der Waals surface area contributed by atoms with Gasteiger partial charge in [0, 0.05) is 49.6 Å². The van der Waals surface area contributed by atoms with E-state index in [2.05, 4.69) is 43.9 Å². The molecule has 2 aromatic rings. The number of methoxy groups -OCH3 is 1. The summed E-state index contributed by atoms with van der Waals surface area (Å²) >= 11 is 0. The third-order valence-corrected chi connectivity index (χ3v) is 5.62. The van der Waals surface area contributed by atoms with Crippen molar-refractivity contribution in [2.24, 2.45) is 0 Å². The fraction of sp³-hybridized carbons (Fsp3) is 0.458. The summed E-state index contributed by atoms with van der Waals surface area (Å²) in [5.74, 6) is 0.836. The van der Waals surface area contributed by atoms with Gasteiger partial charge in [-0.2, -0.15) is 0 Å². The van der Waals surface area contributed by atoms with Crippen molar-refractivity contribution >= 4 is 11.6 Å². The molecule has 0 aromatic heterocycles. The molecule has 1 aliphatic rings. The van der Waals surface area contributed by atoms with Crippen molar-refractivity contribution in [3.63, 3.8) is 0 Å². The van der Waals surface area contributed by atoms with Crippen molar-refractivity contribution in [2.75, 3.05) is 44.8 Å². The maximum Gasteiger partial charge on any atom is 0.253 e. The first-order valence-corrected chi connectivity index (χ1v) is 10.4. The Hall–Kier alpha value is -2.53. The summed E-state index contributed by atoms with van der Waals surface area (Å²) in [4.78, 5) is 17.4. The number of carbonyl (C=O) groups is 1. The van der Waals surface area contributed by atoms with Crippen LogP contribution < -0.4 is 9.64 Å². The topological polar surface area (TPSA) is 42.0 Å². The average molecular weight is 397 g/mol. The molecule has 0 unspecified atom stereocenters. The monoisotopic (exact) mass is 396 g/mol. The van der Waals surface area contributed by atoms with Gasteiger partial charge in [-0.3, -0.25) is 4.79 Å². The minimum atomic E-state index is 0.0741. The van der Waals surface area contributed by atoms with Crippen LogP contribution in [-0.4, -0.2) is 50.7 Å². The van der Waals surface area contributed by atoms with E-state index in [4.69, 9.17) is 9.47 Å². The van der Waals surface area contributed by atoms with Gasteiger partial charge < -0.3 is 19.3 Å². The lowest BCUT2D eigenvalue weighted by Crippen LogP contribution is -2.49. The van der Waals surface area contributed by atoms with Gasteiger partial charge in [0.05, 0.1) is 13.7 Å². The highest BCUT2D eigenvalue weighted by molar-refractivity contribution is 5.94. The van der Waals surface area contributed by atoms with Crippen LogP contribution in [-0.2, 0) is 11.3 Å². The lowest BCUT2D eigenvalue weighted by atomic mass is 10.1. The quantitative estimate of drug-likeness (QED) is 0.658. The van der Waals surface area contributed by atoms with Crippen LogP contribution in [0, 0.1) is 13.8 Å². The van der Waals surface area contributed by atoms with E-state index in [1.807, 2.05) is 23.1 Å². The number of hydrogen-bond donors (Lipinski definition) is 0. The molecule has 0 spiro atoms.